The lowest BCUT2D eigenvalue weighted by Gasteiger charge is -2.09. The van der Waals surface area contributed by atoms with Crippen molar-refractivity contribution < 1.29 is 19.2 Å². The molecule has 0 bridgehead atoms. The molecule has 1 heterocycles. The van der Waals surface area contributed by atoms with E-state index in [4.69, 9.17) is 0 Å². The van der Waals surface area contributed by atoms with Gasteiger partial charge in [-0.05, 0) is 0 Å². The number of carbonyl (C=O) groups excluding carboxylic acids is 3. The van der Waals surface area contributed by atoms with Crippen molar-refractivity contribution in [3.63, 3.8) is 0 Å². The fourth-order valence-corrected chi connectivity index (χ4v) is 0.785. The molecule has 0 unspecified atom stereocenters. The standard InChI is InChI=1S/C7H7NO4/c1-2-7(11)12-8-5(9)3-4-6(8)10/h2H,1,3-4H2. The molecule has 12 heavy (non-hydrogen) atoms. The van der Waals surface area contributed by atoms with E-state index in [0.29, 0.717) is 5.06 Å². The van der Waals surface area contributed by atoms with Crippen LogP contribution in [-0.4, -0.2) is 22.8 Å². The molecule has 1 saturated heterocycles. The molecule has 0 aromatic rings. The maximum atomic E-state index is 10.8. The third kappa shape index (κ3) is 1.50. The quantitative estimate of drug-likeness (QED) is 0.423. The van der Waals surface area contributed by atoms with Crippen molar-refractivity contribution >= 4 is 17.8 Å². The summed E-state index contributed by atoms with van der Waals surface area (Å²) >= 11 is 0. The van der Waals surface area contributed by atoms with Gasteiger partial charge in [0.15, 0.2) is 0 Å². The van der Waals surface area contributed by atoms with Gasteiger partial charge in [0.2, 0.25) is 0 Å². The second-order valence-corrected chi connectivity index (χ2v) is 2.20. The van der Waals surface area contributed by atoms with E-state index in [1.807, 2.05) is 0 Å². The van der Waals surface area contributed by atoms with Crippen LogP contribution in [0.15, 0.2) is 12.7 Å². The van der Waals surface area contributed by atoms with Crippen LogP contribution >= 0.6 is 0 Å². The zero-order chi connectivity index (χ0) is 9.14. The fourth-order valence-electron chi connectivity index (χ4n) is 0.785. The minimum atomic E-state index is -0.807. The van der Waals surface area contributed by atoms with Crippen LogP contribution in [0.5, 0.6) is 0 Å². The Hall–Kier alpha value is -1.65. The van der Waals surface area contributed by atoms with Gasteiger partial charge < -0.3 is 4.84 Å². The van der Waals surface area contributed by atoms with E-state index in [1.54, 1.807) is 0 Å². The van der Waals surface area contributed by atoms with Gasteiger partial charge in [0.25, 0.3) is 11.8 Å². The zero-order valence-electron chi connectivity index (χ0n) is 6.28. The van der Waals surface area contributed by atoms with E-state index in [0.717, 1.165) is 6.08 Å². The molecule has 0 saturated carbocycles. The summed E-state index contributed by atoms with van der Waals surface area (Å²) in [6.07, 6.45) is 1.09. The highest BCUT2D eigenvalue weighted by atomic mass is 16.7. The monoisotopic (exact) mass is 169 g/mol. The molecule has 0 radical (unpaired) electrons. The Balaban J connectivity index is 2.61. The molecule has 0 aromatic heterocycles. The van der Waals surface area contributed by atoms with Gasteiger partial charge in [-0.1, -0.05) is 6.58 Å². The van der Waals surface area contributed by atoms with E-state index < -0.39 is 17.8 Å². The van der Waals surface area contributed by atoms with E-state index in [-0.39, 0.29) is 12.8 Å². The number of carbonyl (C=O) groups is 3. The fraction of sp³-hybridized carbons (Fsp3) is 0.286. The summed E-state index contributed by atoms with van der Waals surface area (Å²) in [5.74, 6) is -1.79. The van der Waals surface area contributed by atoms with E-state index >= 15 is 0 Å². The van der Waals surface area contributed by atoms with Gasteiger partial charge >= 0.3 is 5.97 Å². The third-order valence-electron chi connectivity index (χ3n) is 1.35. The van der Waals surface area contributed by atoms with Crippen LogP contribution < -0.4 is 0 Å². The van der Waals surface area contributed by atoms with Gasteiger partial charge in [-0.25, -0.2) is 4.79 Å². The molecule has 0 atom stereocenters. The van der Waals surface area contributed by atoms with Crippen LogP contribution in [0.4, 0.5) is 0 Å². The second kappa shape index (κ2) is 3.17. The van der Waals surface area contributed by atoms with Crippen molar-refractivity contribution in [2.45, 2.75) is 12.8 Å². The third-order valence-corrected chi connectivity index (χ3v) is 1.35. The number of hydroxylamine groups is 2. The molecule has 64 valence electrons. The summed E-state index contributed by atoms with van der Waals surface area (Å²) < 4.78 is 0. The lowest BCUT2D eigenvalue weighted by molar-refractivity contribution is -0.193. The van der Waals surface area contributed by atoms with Gasteiger partial charge in [-0.2, -0.15) is 0 Å². The molecule has 1 rings (SSSR count). The molecule has 5 heteroatoms. The minimum absolute atomic E-state index is 0.100. The number of nitrogens with zero attached hydrogens (tertiary/aromatic N) is 1. The summed E-state index contributed by atoms with van der Waals surface area (Å²) in [4.78, 5) is 36.6. The van der Waals surface area contributed by atoms with Gasteiger partial charge in [0.1, 0.15) is 0 Å². The molecule has 2 amide bonds. The first-order chi connectivity index (χ1) is 5.65. The lowest BCUT2D eigenvalue weighted by atomic mass is 10.4. The van der Waals surface area contributed by atoms with Crippen molar-refractivity contribution in [1.82, 2.24) is 5.06 Å². The van der Waals surface area contributed by atoms with Gasteiger partial charge in [-0.15, -0.1) is 5.06 Å². The summed E-state index contributed by atoms with van der Waals surface area (Å²) in [6, 6.07) is 0. The van der Waals surface area contributed by atoms with Gasteiger partial charge in [-0.3, -0.25) is 9.59 Å². The van der Waals surface area contributed by atoms with E-state index in [2.05, 4.69) is 11.4 Å². The predicted molar refractivity (Wildman–Crippen MR) is 37.4 cm³/mol. The van der Waals surface area contributed by atoms with Crippen LogP contribution in [-0.2, 0) is 19.2 Å². The summed E-state index contributed by atoms with van der Waals surface area (Å²) in [7, 11) is 0. The normalized spacial score (nSPS) is 16.5. The van der Waals surface area contributed by atoms with Crippen molar-refractivity contribution in [2.75, 3.05) is 0 Å². The molecular weight excluding hydrogens is 162 g/mol. The van der Waals surface area contributed by atoms with Crippen molar-refractivity contribution in [2.24, 2.45) is 0 Å². The molecule has 0 aliphatic carbocycles. The van der Waals surface area contributed by atoms with E-state index in [1.165, 1.54) is 0 Å². The molecule has 1 fully saturated rings. The van der Waals surface area contributed by atoms with Crippen LogP contribution in [0, 0.1) is 0 Å². The summed E-state index contributed by atoms with van der Waals surface area (Å²) in [6.45, 7) is 3.13. The number of rotatable bonds is 2. The smallest absolute Gasteiger partial charge is 0.326 e. The Labute approximate surface area is 68.5 Å². The maximum absolute atomic E-state index is 10.8. The maximum Gasteiger partial charge on any atom is 0.356 e. The largest absolute Gasteiger partial charge is 0.356 e. The van der Waals surface area contributed by atoms with Crippen molar-refractivity contribution in [3.05, 3.63) is 12.7 Å². The minimum Gasteiger partial charge on any atom is -0.326 e. The molecule has 1 aliphatic heterocycles. The molecular formula is C7H7NO4. The average Bonchev–Trinajstić information content (AvgIpc) is 2.35. The highest BCUT2D eigenvalue weighted by Crippen LogP contribution is 2.11. The summed E-state index contributed by atoms with van der Waals surface area (Å²) in [5, 5.41) is 0.476. The van der Waals surface area contributed by atoms with Crippen LogP contribution in [0.25, 0.3) is 0 Å². The lowest BCUT2D eigenvalue weighted by Crippen LogP contribution is -2.31. The van der Waals surface area contributed by atoms with Crippen molar-refractivity contribution in [3.8, 4) is 0 Å². The first-order valence-electron chi connectivity index (χ1n) is 3.35. The molecule has 0 aromatic carbocycles. The zero-order valence-corrected chi connectivity index (χ0v) is 6.28. The SMILES string of the molecule is C=CC(=O)ON1C(=O)CCC1=O. The summed E-state index contributed by atoms with van der Waals surface area (Å²) in [5.41, 5.74) is 0. The highest BCUT2D eigenvalue weighted by Gasteiger charge is 2.32. The van der Waals surface area contributed by atoms with Crippen LogP contribution in [0.2, 0.25) is 0 Å². The molecule has 0 spiro atoms. The molecule has 5 nitrogen and oxygen atoms in total. The number of amides is 2. The highest BCUT2D eigenvalue weighted by molar-refractivity contribution is 6.02. The first-order valence-corrected chi connectivity index (χ1v) is 3.35. The van der Waals surface area contributed by atoms with Crippen molar-refractivity contribution in [1.29, 1.82) is 0 Å². The van der Waals surface area contributed by atoms with Crippen LogP contribution in [0.1, 0.15) is 12.8 Å². The van der Waals surface area contributed by atoms with Crippen LogP contribution in [0.3, 0.4) is 0 Å². The second-order valence-electron chi connectivity index (χ2n) is 2.20. The number of hydrogen-bond donors (Lipinski definition) is 0. The number of imide groups is 1. The Bertz CT molecular complexity index is 242. The topological polar surface area (TPSA) is 63.7 Å². The van der Waals surface area contributed by atoms with Gasteiger partial charge in [0, 0.05) is 18.9 Å². The van der Waals surface area contributed by atoms with E-state index in [9.17, 15) is 14.4 Å². The van der Waals surface area contributed by atoms with Gasteiger partial charge in [0.05, 0.1) is 0 Å². The Kier molecular flexibility index (Phi) is 2.23. The average molecular weight is 169 g/mol. The predicted octanol–water partition coefficient (Wildman–Crippen LogP) is -0.220. The first kappa shape index (κ1) is 8.45. The Morgan fingerprint density at radius 1 is 1.42 bits per heavy atom. The Morgan fingerprint density at radius 2 is 1.92 bits per heavy atom. The Morgan fingerprint density at radius 3 is 2.33 bits per heavy atom. The molecule has 0 N–H and O–H groups in total. The molecule has 1 aliphatic rings. The number of hydrogen-bond acceptors (Lipinski definition) is 4.